The lowest BCUT2D eigenvalue weighted by molar-refractivity contribution is 0.499. The van der Waals surface area contributed by atoms with Crippen LogP contribution in [0.1, 0.15) is 36.5 Å². The summed E-state index contributed by atoms with van der Waals surface area (Å²) in [6.45, 7) is 4.13. The molecule has 0 aliphatic heterocycles. The zero-order valence-corrected chi connectivity index (χ0v) is 14.1. The number of benzene rings is 1. The number of hydrogen-bond donors (Lipinski definition) is 1. The van der Waals surface area contributed by atoms with Crippen LogP contribution in [0.2, 0.25) is 0 Å². The first-order valence-electron chi connectivity index (χ1n) is 6.65. The molecule has 6 heteroatoms. The zero-order chi connectivity index (χ0) is 15.1. The second-order valence-electron chi connectivity index (χ2n) is 5.22. The number of halogens is 2. The molecule has 1 aromatic carbocycles. The van der Waals surface area contributed by atoms with Crippen molar-refractivity contribution < 1.29 is 4.39 Å². The highest BCUT2D eigenvalue weighted by molar-refractivity contribution is 9.10. The van der Waals surface area contributed by atoms with E-state index in [2.05, 4.69) is 34.9 Å². The van der Waals surface area contributed by atoms with Crippen molar-refractivity contribution in [2.75, 3.05) is 0 Å². The van der Waals surface area contributed by atoms with E-state index in [1.165, 1.54) is 17.4 Å². The fraction of sp³-hybridized carbons (Fsp3) is 0.267. The van der Waals surface area contributed by atoms with Gasteiger partial charge >= 0.3 is 0 Å². The van der Waals surface area contributed by atoms with Crippen molar-refractivity contribution in [3.8, 4) is 0 Å². The second kappa shape index (κ2) is 5.51. The Labute approximate surface area is 134 Å². The van der Waals surface area contributed by atoms with Gasteiger partial charge < -0.3 is 5.73 Å². The molecule has 3 rings (SSSR count). The number of fused-ring (bicyclic) bond motifs is 1. The largest absolute Gasteiger partial charge is 0.318 e. The molecule has 2 N–H and O–H groups in total. The number of rotatable bonds is 3. The summed E-state index contributed by atoms with van der Waals surface area (Å²) in [4.78, 5) is 0.999. The van der Waals surface area contributed by atoms with E-state index in [4.69, 9.17) is 5.73 Å². The van der Waals surface area contributed by atoms with Crippen LogP contribution in [0.5, 0.6) is 0 Å². The van der Waals surface area contributed by atoms with Crippen molar-refractivity contribution in [1.29, 1.82) is 0 Å². The normalized spacial score (nSPS) is 13.2. The number of nitrogens with two attached hydrogens (primary N) is 1. The molecule has 110 valence electrons. The maximum Gasteiger partial charge on any atom is 0.124 e. The molecular formula is C15H15BrFN3S. The van der Waals surface area contributed by atoms with Gasteiger partial charge in [0, 0.05) is 15.6 Å². The summed E-state index contributed by atoms with van der Waals surface area (Å²) in [5.41, 5.74) is 7.37. The van der Waals surface area contributed by atoms with Gasteiger partial charge in [0.25, 0.3) is 0 Å². The molecule has 3 nitrogen and oxygen atoms in total. The van der Waals surface area contributed by atoms with E-state index in [1.807, 2.05) is 10.7 Å². The number of nitrogens with zero attached hydrogens (tertiary/aromatic N) is 2. The first kappa shape index (κ1) is 14.7. The van der Waals surface area contributed by atoms with Gasteiger partial charge in [-0.25, -0.2) is 4.39 Å². The molecular weight excluding hydrogens is 353 g/mol. The van der Waals surface area contributed by atoms with Crippen LogP contribution in [0.3, 0.4) is 0 Å². The second-order valence-corrected chi connectivity index (χ2v) is 7.19. The van der Waals surface area contributed by atoms with Crippen molar-refractivity contribution in [3.05, 3.63) is 51.3 Å². The SMILES string of the molecule is CC(C)n1ncc(Br)c1C(N)c1cc2ccc(F)cc2s1. The van der Waals surface area contributed by atoms with Gasteiger partial charge in [0.15, 0.2) is 0 Å². The minimum Gasteiger partial charge on any atom is -0.318 e. The van der Waals surface area contributed by atoms with Gasteiger partial charge in [0.05, 0.1) is 22.4 Å². The van der Waals surface area contributed by atoms with Crippen molar-refractivity contribution in [2.24, 2.45) is 5.73 Å². The van der Waals surface area contributed by atoms with Crippen LogP contribution >= 0.6 is 27.3 Å². The van der Waals surface area contributed by atoms with Gasteiger partial charge in [-0.3, -0.25) is 4.68 Å². The number of hydrogen-bond acceptors (Lipinski definition) is 3. The molecule has 21 heavy (non-hydrogen) atoms. The lowest BCUT2D eigenvalue weighted by atomic mass is 10.1. The summed E-state index contributed by atoms with van der Waals surface area (Å²) in [6.07, 6.45) is 1.77. The van der Waals surface area contributed by atoms with Gasteiger partial charge in [-0.1, -0.05) is 6.07 Å². The molecule has 1 unspecified atom stereocenters. The van der Waals surface area contributed by atoms with E-state index >= 15 is 0 Å². The monoisotopic (exact) mass is 367 g/mol. The highest BCUT2D eigenvalue weighted by Crippen LogP contribution is 2.35. The molecule has 0 amide bonds. The smallest absolute Gasteiger partial charge is 0.124 e. The highest BCUT2D eigenvalue weighted by Gasteiger charge is 2.21. The Kier molecular flexibility index (Phi) is 3.86. The summed E-state index contributed by atoms with van der Waals surface area (Å²) in [7, 11) is 0. The molecule has 0 fully saturated rings. The fourth-order valence-corrected chi connectivity index (χ4v) is 3.98. The number of aromatic nitrogens is 2. The molecule has 2 aromatic heterocycles. The van der Waals surface area contributed by atoms with Crippen LogP contribution in [0.15, 0.2) is 34.9 Å². The Balaban J connectivity index is 2.08. The summed E-state index contributed by atoms with van der Waals surface area (Å²) in [5.74, 6) is -0.224. The van der Waals surface area contributed by atoms with Crippen LogP contribution in [0, 0.1) is 5.82 Å². The molecule has 0 saturated heterocycles. The lowest BCUT2D eigenvalue weighted by Gasteiger charge is -2.16. The minimum absolute atomic E-state index is 0.224. The molecule has 0 bridgehead atoms. The average molecular weight is 368 g/mol. The Hall–Kier alpha value is -1.24. The number of thiophene rings is 1. The fourth-order valence-electron chi connectivity index (χ4n) is 2.37. The van der Waals surface area contributed by atoms with Gasteiger partial charge in [-0.15, -0.1) is 11.3 Å². The van der Waals surface area contributed by atoms with E-state index in [9.17, 15) is 4.39 Å². The highest BCUT2D eigenvalue weighted by atomic mass is 79.9. The maximum absolute atomic E-state index is 13.3. The molecule has 0 aliphatic rings. The minimum atomic E-state index is -0.287. The first-order chi connectivity index (χ1) is 9.97. The Bertz CT molecular complexity index is 793. The van der Waals surface area contributed by atoms with Crippen molar-refractivity contribution in [3.63, 3.8) is 0 Å². The maximum atomic E-state index is 13.3. The van der Waals surface area contributed by atoms with Crippen LogP contribution in [0.4, 0.5) is 4.39 Å². The predicted molar refractivity (Wildman–Crippen MR) is 88.1 cm³/mol. The third kappa shape index (κ3) is 2.63. The predicted octanol–water partition coefficient (Wildman–Crippen LogP) is 4.63. The third-order valence-corrected chi connectivity index (χ3v) is 5.17. The molecule has 0 spiro atoms. The van der Waals surface area contributed by atoms with Crippen LogP contribution in [-0.4, -0.2) is 9.78 Å². The molecule has 0 aliphatic carbocycles. The summed E-state index contributed by atoms with van der Waals surface area (Å²) < 4.78 is 17.0. The van der Waals surface area contributed by atoms with E-state index in [0.29, 0.717) is 0 Å². The Morgan fingerprint density at radius 1 is 1.33 bits per heavy atom. The van der Waals surface area contributed by atoms with Crippen molar-refractivity contribution in [1.82, 2.24) is 9.78 Å². The summed E-state index contributed by atoms with van der Waals surface area (Å²) >= 11 is 5.04. The van der Waals surface area contributed by atoms with Gasteiger partial charge in [0.1, 0.15) is 5.82 Å². The van der Waals surface area contributed by atoms with Crippen LogP contribution < -0.4 is 5.73 Å². The van der Waals surface area contributed by atoms with Gasteiger partial charge in [-0.05, 0) is 53.4 Å². The van der Waals surface area contributed by atoms with Crippen LogP contribution in [0.25, 0.3) is 10.1 Å². The standard InChI is InChI=1S/C15H15BrFN3S/c1-8(2)20-15(11(16)7-19-20)14(18)13-5-9-3-4-10(17)6-12(9)21-13/h3-8,14H,18H2,1-2H3. The molecule has 3 aromatic rings. The van der Waals surface area contributed by atoms with Crippen molar-refractivity contribution in [2.45, 2.75) is 25.9 Å². The van der Waals surface area contributed by atoms with E-state index < -0.39 is 0 Å². The molecule has 0 radical (unpaired) electrons. The first-order valence-corrected chi connectivity index (χ1v) is 8.26. The van der Waals surface area contributed by atoms with E-state index in [0.717, 1.165) is 25.1 Å². The van der Waals surface area contributed by atoms with Gasteiger partial charge in [0.2, 0.25) is 0 Å². The Morgan fingerprint density at radius 2 is 2.10 bits per heavy atom. The zero-order valence-electron chi connectivity index (χ0n) is 11.7. The average Bonchev–Trinajstić information content (AvgIpc) is 3.00. The Morgan fingerprint density at radius 3 is 2.81 bits per heavy atom. The quantitative estimate of drug-likeness (QED) is 0.733. The summed E-state index contributed by atoms with van der Waals surface area (Å²) in [6, 6.07) is 6.76. The molecule has 0 saturated carbocycles. The van der Waals surface area contributed by atoms with Crippen LogP contribution in [-0.2, 0) is 0 Å². The van der Waals surface area contributed by atoms with E-state index in [-0.39, 0.29) is 17.9 Å². The lowest BCUT2D eigenvalue weighted by Crippen LogP contribution is -2.18. The topological polar surface area (TPSA) is 43.8 Å². The third-order valence-electron chi connectivity index (χ3n) is 3.38. The van der Waals surface area contributed by atoms with Gasteiger partial charge in [-0.2, -0.15) is 5.10 Å². The molecule has 1 atom stereocenters. The van der Waals surface area contributed by atoms with Crippen molar-refractivity contribution >= 4 is 37.4 Å². The summed E-state index contributed by atoms with van der Waals surface area (Å²) in [5, 5.41) is 5.38. The van der Waals surface area contributed by atoms with E-state index in [1.54, 1.807) is 18.3 Å². The molecule has 2 heterocycles.